The molecule has 1 fully saturated rings. The summed E-state index contributed by atoms with van der Waals surface area (Å²) in [4.78, 5) is 16.6. The van der Waals surface area contributed by atoms with Gasteiger partial charge in [0.25, 0.3) is 0 Å². The van der Waals surface area contributed by atoms with Gasteiger partial charge in [0.2, 0.25) is 0 Å². The summed E-state index contributed by atoms with van der Waals surface area (Å²) in [7, 11) is 1.86. The molecule has 3 rings (SSSR count). The van der Waals surface area contributed by atoms with Crippen LogP contribution in [0.1, 0.15) is 29.6 Å². The van der Waals surface area contributed by atoms with Crippen molar-refractivity contribution in [3.63, 3.8) is 0 Å². The van der Waals surface area contributed by atoms with Crippen LogP contribution in [0, 0.1) is 11.8 Å². The molecule has 1 atom stereocenters. The quantitative estimate of drug-likeness (QED) is 0.822. The van der Waals surface area contributed by atoms with Crippen LogP contribution in [-0.2, 0) is 7.05 Å². The second kappa shape index (κ2) is 3.20. The van der Waals surface area contributed by atoms with Crippen LogP contribution < -0.4 is 5.73 Å². The molecule has 0 aromatic carbocycles. The summed E-state index contributed by atoms with van der Waals surface area (Å²) in [6.45, 7) is 0. The number of nitrogen functional groups attached to an aromatic ring is 1. The molecule has 0 amide bonds. The molecule has 84 valence electrons. The van der Waals surface area contributed by atoms with Crippen molar-refractivity contribution in [1.82, 2.24) is 4.57 Å². The molecule has 0 radical (unpaired) electrons. The lowest BCUT2D eigenvalue weighted by Crippen LogP contribution is -2.20. The van der Waals surface area contributed by atoms with Crippen LogP contribution in [0.2, 0.25) is 0 Å². The summed E-state index contributed by atoms with van der Waals surface area (Å²) in [6, 6.07) is 0. The maximum atomic E-state index is 12.2. The molecule has 1 aromatic rings. The fourth-order valence-electron chi connectivity index (χ4n) is 2.34. The van der Waals surface area contributed by atoms with Gasteiger partial charge in [0.1, 0.15) is 5.82 Å². The van der Waals surface area contributed by atoms with E-state index in [-0.39, 0.29) is 11.7 Å². The number of carbonyl (C=O) groups is 1. The minimum Gasteiger partial charge on any atom is -0.397 e. The number of aryl methyl sites for hydroxylation is 1. The van der Waals surface area contributed by atoms with Gasteiger partial charge >= 0.3 is 0 Å². The molecule has 1 aromatic heterocycles. The molecule has 1 unspecified atom stereocenters. The summed E-state index contributed by atoms with van der Waals surface area (Å²) >= 11 is 0. The molecular weight excluding hydrogens is 202 g/mol. The van der Waals surface area contributed by atoms with E-state index in [4.69, 9.17) is 5.73 Å². The number of ketones is 1. The number of nitrogens with two attached hydrogens (primary N) is 1. The molecule has 0 saturated heterocycles. The molecule has 2 aliphatic rings. The minimum absolute atomic E-state index is 0.0512. The van der Waals surface area contributed by atoms with Crippen molar-refractivity contribution in [2.45, 2.75) is 19.3 Å². The van der Waals surface area contributed by atoms with Gasteiger partial charge in [-0.3, -0.25) is 4.79 Å². The van der Waals surface area contributed by atoms with Crippen LogP contribution in [0.25, 0.3) is 0 Å². The first-order valence-corrected chi connectivity index (χ1v) is 5.70. The first kappa shape index (κ1) is 9.63. The summed E-state index contributed by atoms with van der Waals surface area (Å²) in [5, 5.41) is 0. The molecule has 2 N–H and O–H groups in total. The lowest BCUT2D eigenvalue weighted by molar-refractivity contribution is 0.0948. The van der Waals surface area contributed by atoms with Crippen LogP contribution in [0.5, 0.6) is 0 Å². The highest BCUT2D eigenvalue weighted by molar-refractivity contribution is 6.15. The molecule has 1 saturated carbocycles. The van der Waals surface area contributed by atoms with Gasteiger partial charge < -0.3 is 10.3 Å². The fourth-order valence-corrected chi connectivity index (χ4v) is 2.34. The first-order valence-electron chi connectivity index (χ1n) is 5.70. The summed E-state index contributed by atoms with van der Waals surface area (Å²) < 4.78 is 1.81. The maximum absolute atomic E-state index is 12.2. The molecular formula is C12H15N3O. The van der Waals surface area contributed by atoms with Crippen molar-refractivity contribution in [1.29, 1.82) is 0 Å². The van der Waals surface area contributed by atoms with Crippen molar-refractivity contribution in [2.75, 3.05) is 5.73 Å². The summed E-state index contributed by atoms with van der Waals surface area (Å²) in [6.07, 6.45) is 7.02. The van der Waals surface area contributed by atoms with E-state index in [9.17, 15) is 4.79 Å². The van der Waals surface area contributed by atoms with Crippen molar-refractivity contribution >= 4 is 23.5 Å². The zero-order valence-corrected chi connectivity index (χ0v) is 9.31. The van der Waals surface area contributed by atoms with Gasteiger partial charge in [-0.25, -0.2) is 4.99 Å². The Hall–Kier alpha value is -1.58. The Balaban J connectivity index is 1.96. The molecule has 0 spiro atoms. The molecule has 4 nitrogen and oxygen atoms in total. The normalized spacial score (nSPS) is 23.6. The second-order valence-corrected chi connectivity index (χ2v) is 4.82. The molecule has 0 bridgehead atoms. The lowest BCUT2D eigenvalue weighted by Gasteiger charge is -2.15. The fraction of sp³-hybridized carbons (Fsp3) is 0.500. The van der Waals surface area contributed by atoms with Gasteiger partial charge in [-0.2, -0.15) is 0 Å². The predicted molar refractivity (Wildman–Crippen MR) is 63.1 cm³/mol. The van der Waals surface area contributed by atoms with Gasteiger partial charge in [-0.15, -0.1) is 0 Å². The van der Waals surface area contributed by atoms with Gasteiger partial charge in [-0.1, -0.05) is 12.8 Å². The summed E-state index contributed by atoms with van der Waals surface area (Å²) in [5.41, 5.74) is 7.02. The molecule has 1 aliphatic heterocycles. The van der Waals surface area contributed by atoms with E-state index >= 15 is 0 Å². The minimum atomic E-state index is -0.0512. The van der Waals surface area contributed by atoms with E-state index < -0.39 is 0 Å². The number of nitrogens with zero attached hydrogens (tertiary/aromatic N) is 2. The number of anilines is 1. The van der Waals surface area contributed by atoms with E-state index in [1.165, 1.54) is 12.8 Å². The van der Waals surface area contributed by atoms with Crippen molar-refractivity contribution in [3.8, 4) is 0 Å². The van der Waals surface area contributed by atoms with Crippen LogP contribution in [0.4, 0.5) is 11.5 Å². The van der Waals surface area contributed by atoms with E-state index in [0.717, 1.165) is 12.3 Å². The number of rotatable bonds is 2. The van der Waals surface area contributed by atoms with E-state index in [1.54, 1.807) is 12.4 Å². The Bertz CT molecular complexity index is 483. The number of fused-ring (bicyclic) bond motifs is 1. The SMILES string of the molecule is Cn1cc(N)c2c1N=CC(CC1CC1)C2=O. The zero-order valence-electron chi connectivity index (χ0n) is 9.31. The predicted octanol–water partition coefficient (Wildman–Crippen LogP) is 1.92. The summed E-state index contributed by atoms with van der Waals surface area (Å²) in [5.74, 6) is 1.53. The number of carbonyl (C=O) groups excluding carboxylic acids is 1. The molecule has 2 heterocycles. The van der Waals surface area contributed by atoms with Crippen molar-refractivity contribution in [2.24, 2.45) is 23.9 Å². The van der Waals surface area contributed by atoms with Crippen LogP contribution in [-0.4, -0.2) is 16.6 Å². The number of hydrogen-bond donors (Lipinski definition) is 1. The second-order valence-electron chi connectivity index (χ2n) is 4.82. The monoisotopic (exact) mass is 217 g/mol. The van der Waals surface area contributed by atoms with Gasteiger partial charge in [0.15, 0.2) is 5.78 Å². The Kier molecular flexibility index (Phi) is 1.93. The van der Waals surface area contributed by atoms with Gasteiger partial charge in [-0.05, 0) is 12.3 Å². The van der Waals surface area contributed by atoms with Crippen molar-refractivity contribution in [3.05, 3.63) is 11.8 Å². The standard InChI is InChI=1S/C12H15N3O/c1-15-6-9(13)10-11(16)8(4-7-2-3-7)5-14-12(10)15/h5-8H,2-4,13H2,1H3. The Morgan fingerprint density at radius 2 is 2.31 bits per heavy atom. The number of aromatic nitrogens is 1. The third kappa shape index (κ3) is 1.37. The largest absolute Gasteiger partial charge is 0.397 e. The Morgan fingerprint density at radius 3 is 3.00 bits per heavy atom. The topological polar surface area (TPSA) is 60.4 Å². The van der Waals surface area contributed by atoms with Gasteiger partial charge in [0.05, 0.1) is 17.2 Å². The van der Waals surface area contributed by atoms with E-state index in [0.29, 0.717) is 17.1 Å². The number of aliphatic imine (C=N–C) groups is 1. The maximum Gasteiger partial charge on any atom is 0.177 e. The van der Waals surface area contributed by atoms with Crippen LogP contribution >= 0.6 is 0 Å². The van der Waals surface area contributed by atoms with Gasteiger partial charge in [0, 0.05) is 19.5 Å². The Morgan fingerprint density at radius 1 is 1.56 bits per heavy atom. The third-order valence-corrected chi connectivity index (χ3v) is 3.42. The Labute approximate surface area is 94.2 Å². The number of Topliss-reactive ketones (excluding diaryl/α,β-unsaturated/α-hetero) is 1. The van der Waals surface area contributed by atoms with Crippen LogP contribution in [0.3, 0.4) is 0 Å². The molecule has 16 heavy (non-hydrogen) atoms. The van der Waals surface area contributed by atoms with E-state index in [2.05, 4.69) is 4.99 Å². The molecule has 4 heteroatoms. The first-order chi connectivity index (χ1) is 7.66. The zero-order chi connectivity index (χ0) is 11.3. The average molecular weight is 217 g/mol. The molecule has 1 aliphatic carbocycles. The lowest BCUT2D eigenvalue weighted by atomic mass is 9.92. The highest BCUT2D eigenvalue weighted by Gasteiger charge is 2.33. The van der Waals surface area contributed by atoms with Crippen molar-refractivity contribution < 1.29 is 4.79 Å². The highest BCUT2D eigenvalue weighted by Crippen LogP contribution is 2.39. The number of hydrogen-bond acceptors (Lipinski definition) is 3. The van der Waals surface area contributed by atoms with E-state index in [1.807, 2.05) is 11.6 Å². The third-order valence-electron chi connectivity index (χ3n) is 3.42. The smallest absolute Gasteiger partial charge is 0.177 e. The van der Waals surface area contributed by atoms with Crippen LogP contribution in [0.15, 0.2) is 11.2 Å². The average Bonchev–Trinajstić information content (AvgIpc) is 2.99. The highest BCUT2D eigenvalue weighted by atomic mass is 16.1.